The summed E-state index contributed by atoms with van der Waals surface area (Å²) in [4.78, 5) is 23.0. The monoisotopic (exact) mass is 265 g/mol. The summed E-state index contributed by atoms with van der Waals surface area (Å²) in [5.41, 5.74) is 1.07. The summed E-state index contributed by atoms with van der Waals surface area (Å²) in [6, 6.07) is 16.5. The minimum absolute atomic E-state index is 0.00690. The average Bonchev–Trinajstić information content (AvgIpc) is 2.48. The number of hydrogen-bond acceptors (Lipinski definition) is 4. The van der Waals surface area contributed by atoms with Gasteiger partial charge in [0.15, 0.2) is 6.29 Å². The van der Waals surface area contributed by atoms with Crippen molar-refractivity contribution in [1.29, 1.82) is 0 Å². The van der Waals surface area contributed by atoms with Crippen LogP contribution in [0.15, 0.2) is 63.8 Å². The number of para-hydroxylation sites is 2. The molecule has 3 aromatic rings. The molecule has 0 saturated carbocycles. The van der Waals surface area contributed by atoms with Gasteiger partial charge in [0, 0.05) is 11.1 Å². The van der Waals surface area contributed by atoms with E-state index >= 15 is 0 Å². The number of rotatable bonds is 3. The highest BCUT2D eigenvalue weighted by molar-refractivity contribution is 6.00. The number of fused-ring (bicyclic) bond motifs is 1. The van der Waals surface area contributed by atoms with Gasteiger partial charge in [-0.1, -0.05) is 30.3 Å². The van der Waals surface area contributed by atoms with Crippen molar-refractivity contribution < 1.29 is 9.21 Å². The van der Waals surface area contributed by atoms with Gasteiger partial charge in [-0.05, 0) is 24.3 Å². The van der Waals surface area contributed by atoms with Crippen LogP contribution in [0.5, 0.6) is 0 Å². The molecule has 0 spiro atoms. The van der Waals surface area contributed by atoms with E-state index in [1.165, 1.54) is 0 Å². The predicted octanol–water partition coefficient (Wildman–Crippen LogP) is 3.35. The lowest BCUT2D eigenvalue weighted by molar-refractivity contribution is 0.112. The van der Waals surface area contributed by atoms with Crippen molar-refractivity contribution in [2.45, 2.75) is 0 Å². The summed E-state index contributed by atoms with van der Waals surface area (Å²) in [5, 5.41) is 3.81. The third-order valence-electron chi connectivity index (χ3n) is 3.01. The zero-order valence-corrected chi connectivity index (χ0v) is 10.5. The van der Waals surface area contributed by atoms with Crippen molar-refractivity contribution >= 4 is 28.6 Å². The van der Waals surface area contributed by atoms with Crippen molar-refractivity contribution in [2.24, 2.45) is 0 Å². The Bertz CT molecular complexity index is 822. The van der Waals surface area contributed by atoms with Crippen molar-refractivity contribution in [1.82, 2.24) is 0 Å². The van der Waals surface area contributed by atoms with Gasteiger partial charge in [0.1, 0.15) is 11.1 Å². The molecule has 2 aromatic carbocycles. The van der Waals surface area contributed by atoms with Gasteiger partial charge in [-0.2, -0.15) is 0 Å². The Morgan fingerprint density at radius 3 is 2.40 bits per heavy atom. The predicted molar refractivity (Wildman–Crippen MR) is 77.6 cm³/mol. The standard InChI is InChI=1S/C16H11NO3/c18-10-13-15(17-11-6-2-1-3-7-11)12-8-4-5-9-14(12)20-16(13)19/h1-10,17H. The molecule has 1 aromatic heterocycles. The maximum Gasteiger partial charge on any atom is 0.349 e. The van der Waals surface area contributed by atoms with Crippen LogP contribution in [0.25, 0.3) is 11.0 Å². The van der Waals surface area contributed by atoms with Crippen LogP contribution in [-0.2, 0) is 0 Å². The summed E-state index contributed by atoms with van der Waals surface area (Å²) < 4.78 is 5.14. The number of hydrogen-bond donors (Lipinski definition) is 1. The molecule has 0 fully saturated rings. The third kappa shape index (κ3) is 2.07. The van der Waals surface area contributed by atoms with Gasteiger partial charge in [-0.25, -0.2) is 4.79 Å². The quantitative estimate of drug-likeness (QED) is 0.582. The van der Waals surface area contributed by atoms with Crippen molar-refractivity contribution in [2.75, 3.05) is 5.32 Å². The highest BCUT2D eigenvalue weighted by atomic mass is 16.4. The molecule has 0 aliphatic heterocycles. The molecular formula is C16H11NO3. The lowest BCUT2D eigenvalue weighted by atomic mass is 10.1. The average molecular weight is 265 g/mol. The fraction of sp³-hybridized carbons (Fsp3) is 0. The van der Waals surface area contributed by atoms with E-state index in [2.05, 4.69) is 5.32 Å². The fourth-order valence-electron chi connectivity index (χ4n) is 2.07. The number of carbonyl (C=O) groups is 1. The molecule has 3 rings (SSSR count). The molecular weight excluding hydrogens is 254 g/mol. The first kappa shape index (κ1) is 12.2. The molecule has 4 nitrogen and oxygen atoms in total. The number of carbonyl (C=O) groups excluding carboxylic acids is 1. The van der Waals surface area contributed by atoms with E-state index in [9.17, 15) is 9.59 Å². The van der Waals surface area contributed by atoms with Crippen LogP contribution in [0.2, 0.25) is 0 Å². The van der Waals surface area contributed by atoms with Gasteiger partial charge in [-0.15, -0.1) is 0 Å². The number of anilines is 2. The van der Waals surface area contributed by atoms with Gasteiger partial charge in [-0.3, -0.25) is 4.79 Å². The minimum Gasteiger partial charge on any atom is -0.422 e. The van der Waals surface area contributed by atoms with Crippen LogP contribution in [0.1, 0.15) is 10.4 Å². The molecule has 0 unspecified atom stereocenters. The maximum absolute atomic E-state index is 11.8. The maximum atomic E-state index is 11.8. The lowest BCUT2D eigenvalue weighted by Crippen LogP contribution is -2.10. The first-order valence-corrected chi connectivity index (χ1v) is 6.12. The first-order valence-electron chi connectivity index (χ1n) is 6.12. The van der Waals surface area contributed by atoms with Crippen LogP contribution in [0.4, 0.5) is 11.4 Å². The molecule has 98 valence electrons. The van der Waals surface area contributed by atoms with Gasteiger partial charge in [0.05, 0.1) is 5.69 Å². The molecule has 0 atom stereocenters. The molecule has 1 N–H and O–H groups in total. The van der Waals surface area contributed by atoms with Gasteiger partial charge >= 0.3 is 5.63 Å². The molecule has 0 radical (unpaired) electrons. The fourth-order valence-corrected chi connectivity index (χ4v) is 2.07. The topological polar surface area (TPSA) is 59.3 Å². The first-order chi connectivity index (χ1) is 9.79. The van der Waals surface area contributed by atoms with E-state index in [0.29, 0.717) is 22.9 Å². The molecule has 0 bridgehead atoms. The highest BCUT2D eigenvalue weighted by Gasteiger charge is 2.13. The van der Waals surface area contributed by atoms with Crippen molar-refractivity contribution in [3.05, 3.63) is 70.6 Å². The molecule has 4 heteroatoms. The Kier molecular flexibility index (Phi) is 3.05. The summed E-state index contributed by atoms with van der Waals surface area (Å²) in [6.45, 7) is 0. The van der Waals surface area contributed by atoms with Gasteiger partial charge in [0.2, 0.25) is 0 Å². The number of aldehydes is 1. The lowest BCUT2D eigenvalue weighted by Gasteiger charge is -2.10. The zero-order chi connectivity index (χ0) is 13.9. The second-order valence-corrected chi connectivity index (χ2v) is 4.28. The smallest absolute Gasteiger partial charge is 0.349 e. The molecule has 0 aliphatic rings. The molecule has 0 aliphatic carbocycles. The van der Waals surface area contributed by atoms with E-state index < -0.39 is 5.63 Å². The Hall–Kier alpha value is -2.88. The van der Waals surface area contributed by atoms with E-state index in [1.54, 1.807) is 18.2 Å². The molecule has 0 saturated heterocycles. The molecule has 20 heavy (non-hydrogen) atoms. The second kappa shape index (κ2) is 5.01. The van der Waals surface area contributed by atoms with Crippen LogP contribution in [0, 0.1) is 0 Å². The van der Waals surface area contributed by atoms with Crippen LogP contribution in [0.3, 0.4) is 0 Å². The van der Waals surface area contributed by atoms with Gasteiger partial charge < -0.3 is 9.73 Å². The second-order valence-electron chi connectivity index (χ2n) is 4.28. The van der Waals surface area contributed by atoms with Crippen molar-refractivity contribution in [3.63, 3.8) is 0 Å². The van der Waals surface area contributed by atoms with E-state index in [4.69, 9.17) is 4.42 Å². The van der Waals surface area contributed by atoms with E-state index in [0.717, 1.165) is 5.69 Å². The summed E-state index contributed by atoms with van der Waals surface area (Å²) in [7, 11) is 0. The number of nitrogens with one attached hydrogen (secondary N) is 1. The highest BCUT2D eigenvalue weighted by Crippen LogP contribution is 2.27. The van der Waals surface area contributed by atoms with E-state index in [-0.39, 0.29) is 5.56 Å². The molecule has 0 amide bonds. The van der Waals surface area contributed by atoms with Crippen LogP contribution < -0.4 is 10.9 Å². The zero-order valence-electron chi connectivity index (χ0n) is 10.5. The molecule has 1 heterocycles. The third-order valence-corrected chi connectivity index (χ3v) is 3.01. The van der Waals surface area contributed by atoms with Crippen LogP contribution in [-0.4, -0.2) is 6.29 Å². The van der Waals surface area contributed by atoms with E-state index in [1.807, 2.05) is 36.4 Å². The normalized spacial score (nSPS) is 10.4. The Morgan fingerprint density at radius 2 is 1.65 bits per heavy atom. The largest absolute Gasteiger partial charge is 0.422 e. The summed E-state index contributed by atoms with van der Waals surface area (Å²) in [5.74, 6) is 0. The van der Waals surface area contributed by atoms with Crippen molar-refractivity contribution in [3.8, 4) is 0 Å². The SMILES string of the molecule is O=Cc1c(Nc2ccccc2)c2ccccc2oc1=O. The van der Waals surface area contributed by atoms with Gasteiger partial charge in [0.25, 0.3) is 0 Å². The minimum atomic E-state index is -0.642. The number of benzene rings is 2. The van der Waals surface area contributed by atoms with Crippen LogP contribution >= 0.6 is 0 Å². The Labute approximate surface area is 114 Å². The Morgan fingerprint density at radius 1 is 0.950 bits per heavy atom. The summed E-state index contributed by atoms with van der Waals surface area (Å²) in [6.07, 6.45) is 0.517. The Balaban J connectivity index is 2.26. The summed E-state index contributed by atoms with van der Waals surface area (Å²) >= 11 is 0.